The fourth-order valence-electron chi connectivity index (χ4n) is 2.52. The molecule has 0 aliphatic carbocycles. The van der Waals surface area contributed by atoms with Gasteiger partial charge in [0.1, 0.15) is 11.2 Å². The highest BCUT2D eigenvalue weighted by atomic mass is 16.3. The van der Waals surface area contributed by atoms with Crippen LogP contribution in [0.1, 0.15) is 18.1 Å². The van der Waals surface area contributed by atoms with Crippen molar-refractivity contribution < 1.29 is 4.42 Å². The van der Waals surface area contributed by atoms with Crippen LogP contribution in [-0.4, -0.2) is 0 Å². The standard InChI is InChI=1S/C16H14O2/c1-3-11-10(2)8-9-14-15(11)16(17)12-6-4-5-7-13(12)18-14/h4-9H,3H2,1-2H3. The van der Waals surface area contributed by atoms with Crippen LogP contribution in [0.5, 0.6) is 0 Å². The van der Waals surface area contributed by atoms with Gasteiger partial charge in [-0.3, -0.25) is 4.79 Å². The maximum atomic E-state index is 12.6. The van der Waals surface area contributed by atoms with Gasteiger partial charge in [-0.25, -0.2) is 0 Å². The largest absolute Gasteiger partial charge is 0.456 e. The summed E-state index contributed by atoms with van der Waals surface area (Å²) in [6, 6.07) is 11.3. The van der Waals surface area contributed by atoms with E-state index in [1.54, 1.807) is 0 Å². The van der Waals surface area contributed by atoms with Crippen molar-refractivity contribution >= 4 is 21.9 Å². The predicted molar refractivity (Wildman–Crippen MR) is 74.1 cm³/mol. The Morgan fingerprint density at radius 2 is 1.83 bits per heavy atom. The van der Waals surface area contributed by atoms with Crippen LogP contribution in [0.2, 0.25) is 0 Å². The molecule has 0 saturated carbocycles. The lowest BCUT2D eigenvalue weighted by molar-refractivity contribution is 0.659. The normalized spacial score (nSPS) is 11.2. The molecular formula is C16H14O2. The maximum Gasteiger partial charge on any atom is 0.200 e. The fraction of sp³-hybridized carbons (Fsp3) is 0.188. The van der Waals surface area contributed by atoms with Gasteiger partial charge in [0.2, 0.25) is 5.43 Å². The number of hydrogen-bond donors (Lipinski definition) is 0. The average Bonchev–Trinajstić information content (AvgIpc) is 2.40. The van der Waals surface area contributed by atoms with Crippen LogP contribution in [0, 0.1) is 6.92 Å². The topological polar surface area (TPSA) is 30.2 Å². The lowest BCUT2D eigenvalue weighted by Gasteiger charge is -2.08. The van der Waals surface area contributed by atoms with Crippen molar-refractivity contribution in [1.29, 1.82) is 0 Å². The average molecular weight is 238 g/mol. The molecule has 0 N–H and O–H groups in total. The zero-order valence-electron chi connectivity index (χ0n) is 10.5. The van der Waals surface area contributed by atoms with Gasteiger partial charge < -0.3 is 4.42 Å². The van der Waals surface area contributed by atoms with E-state index in [1.165, 1.54) is 0 Å². The molecule has 0 unspecified atom stereocenters. The summed E-state index contributed by atoms with van der Waals surface area (Å²) < 4.78 is 5.82. The van der Waals surface area contributed by atoms with Crippen LogP contribution in [-0.2, 0) is 6.42 Å². The van der Waals surface area contributed by atoms with E-state index >= 15 is 0 Å². The van der Waals surface area contributed by atoms with Crippen molar-refractivity contribution in [2.75, 3.05) is 0 Å². The molecule has 3 rings (SSSR count). The molecule has 0 bridgehead atoms. The van der Waals surface area contributed by atoms with Gasteiger partial charge in [0.25, 0.3) is 0 Å². The second-order valence-corrected chi connectivity index (χ2v) is 4.52. The Morgan fingerprint density at radius 3 is 2.61 bits per heavy atom. The maximum absolute atomic E-state index is 12.6. The van der Waals surface area contributed by atoms with Crippen LogP contribution >= 0.6 is 0 Å². The molecule has 0 aliphatic heterocycles. The van der Waals surface area contributed by atoms with E-state index in [0.29, 0.717) is 16.6 Å². The van der Waals surface area contributed by atoms with Gasteiger partial charge >= 0.3 is 0 Å². The Hall–Kier alpha value is -2.09. The molecule has 18 heavy (non-hydrogen) atoms. The number of hydrogen-bond acceptors (Lipinski definition) is 2. The molecule has 2 heteroatoms. The van der Waals surface area contributed by atoms with Gasteiger partial charge in [-0.2, -0.15) is 0 Å². The molecule has 0 aliphatic rings. The first-order valence-electron chi connectivity index (χ1n) is 6.16. The molecule has 0 atom stereocenters. The van der Waals surface area contributed by atoms with E-state index in [0.717, 1.165) is 22.9 Å². The third kappa shape index (κ3) is 1.46. The summed E-state index contributed by atoms with van der Waals surface area (Å²) in [5.41, 5.74) is 3.65. The highest BCUT2D eigenvalue weighted by Crippen LogP contribution is 2.23. The summed E-state index contributed by atoms with van der Waals surface area (Å²) in [5.74, 6) is 0. The number of rotatable bonds is 1. The molecule has 2 nitrogen and oxygen atoms in total. The van der Waals surface area contributed by atoms with Gasteiger partial charge in [0, 0.05) is 0 Å². The first-order valence-corrected chi connectivity index (χ1v) is 6.16. The molecule has 3 aromatic rings. The third-order valence-electron chi connectivity index (χ3n) is 3.44. The lowest BCUT2D eigenvalue weighted by Crippen LogP contribution is -2.06. The molecule has 1 aromatic heterocycles. The van der Waals surface area contributed by atoms with Crippen molar-refractivity contribution in [3.63, 3.8) is 0 Å². The number of benzene rings is 2. The molecule has 0 radical (unpaired) electrons. The lowest BCUT2D eigenvalue weighted by atomic mass is 10.00. The molecular weight excluding hydrogens is 224 g/mol. The van der Waals surface area contributed by atoms with Crippen LogP contribution in [0.15, 0.2) is 45.6 Å². The quantitative estimate of drug-likeness (QED) is 0.603. The minimum atomic E-state index is 0.0763. The third-order valence-corrected chi connectivity index (χ3v) is 3.44. The molecule has 0 amide bonds. The van der Waals surface area contributed by atoms with Crippen LogP contribution in [0.3, 0.4) is 0 Å². The van der Waals surface area contributed by atoms with E-state index < -0.39 is 0 Å². The smallest absolute Gasteiger partial charge is 0.200 e. The fourth-order valence-corrected chi connectivity index (χ4v) is 2.52. The Kier molecular flexibility index (Phi) is 2.44. The van der Waals surface area contributed by atoms with Crippen LogP contribution in [0.4, 0.5) is 0 Å². The van der Waals surface area contributed by atoms with Crippen molar-refractivity contribution in [2.45, 2.75) is 20.3 Å². The zero-order chi connectivity index (χ0) is 12.7. The molecule has 1 heterocycles. The Balaban J connectivity index is 2.61. The number of aryl methyl sites for hydroxylation is 2. The molecule has 0 spiro atoms. The van der Waals surface area contributed by atoms with E-state index in [9.17, 15) is 4.79 Å². The van der Waals surface area contributed by atoms with Crippen molar-refractivity contribution in [1.82, 2.24) is 0 Å². The van der Waals surface area contributed by atoms with Crippen molar-refractivity contribution in [3.05, 3.63) is 57.7 Å². The van der Waals surface area contributed by atoms with Gasteiger partial charge in [-0.05, 0) is 42.7 Å². The second-order valence-electron chi connectivity index (χ2n) is 4.52. The summed E-state index contributed by atoms with van der Waals surface area (Å²) in [7, 11) is 0. The van der Waals surface area contributed by atoms with Crippen molar-refractivity contribution in [3.8, 4) is 0 Å². The molecule has 0 saturated heterocycles. The Morgan fingerprint density at radius 1 is 1.06 bits per heavy atom. The molecule has 2 aromatic carbocycles. The highest BCUT2D eigenvalue weighted by molar-refractivity contribution is 5.92. The summed E-state index contributed by atoms with van der Waals surface area (Å²) in [4.78, 5) is 12.6. The van der Waals surface area contributed by atoms with Gasteiger partial charge in [-0.1, -0.05) is 25.1 Å². The number of fused-ring (bicyclic) bond motifs is 2. The van der Waals surface area contributed by atoms with Crippen LogP contribution in [0.25, 0.3) is 21.9 Å². The summed E-state index contributed by atoms with van der Waals surface area (Å²) in [6.07, 6.45) is 0.840. The van der Waals surface area contributed by atoms with Gasteiger partial charge in [-0.15, -0.1) is 0 Å². The summed E-state index contributed by atoms with van der Waals surface area (Å²) >= 11 is 0. The Labute approximate surface area is 105 Å². The highest BCUT2D eigenvalue weighted by Gasteiger charge is 2.11. The minimum Gasteiger partial charge on any atom is -0.456 e. The van der Waals surface area contributed by atoms with E-state index in [2.05, 4.69) is 6.92 Å². The second kappa shape index (κ2) is 3.98. The zero-order valence-corrected chi connectivity index (χ0v) is 10.5. The summed E-state index contributed by atoms with van der Waals surface area (Å²) in [6.45, 7) is 4.10. The van der Waals surface area contributed by atoms with Crippen LogP contribution < -0.4 is 5.43 Å². The minimum absolute atomic E-state index is 0.0763. The van der Waals surface area contributed by atoms with Gasteiger partial charge in [0.15, 0.2) is 0 Å². The Bertz CT molecular complexity index is 797. The summed E-state index contributed by atoms with van der Waals surface area (Å²) in [5, 5.41) is 1.39. The molecule has 90 valence electrons. The predicted octanol–water partition coefficient (Wildman–Crippen LogP) is 3.82. The van der Waals surface area contributed by atoms with Crippen molar-refractivity contribution in [2.24, 2.45) is 0 Å². The molecule has 0 fully saturated rings. The number of para-hydroxylation sites is 1. The van der Waals surface area contributed by atoms with E-state index in [-0.39, 0.29) is 5.43 Å². The first kappa shape index (κ1) is 11.0. The monoisotopic (exact) mass is 238 g/mol. The van der Waals surface area contributed by atoms with E-state index in [1.807, 2.05) is 43.3 Å². The van der Waals surface area contributed by atoms with E-state index in [4.69, 9.17) is 4.42 Å². The first-order chi connectivity index (χ1) is 8.72. The van der Waals surface area contributed by atoms with Gasteiger partial charge in [0.05, 0.1) is 10.8 Å². The SMILES string of the molecule is CCc1c(C)ccc2oc3ccccc3c(=O)c12.